The minimum Gasteiger partial charge on any atom is -0.506 e. The second kappa shape index (κ2) is 14.2. The number of H-pyrrole nitrogens is 1. The number of hydrogen-bond donors (Lipinski definition) is 4. The summed E-state index contributed by atoms with van der Waals surface area (Å²) in [6.45, 7) is 2.07. The van der Waals surface area contributed by atoms with Gasteiger partial charge < -0.3 is 20.3 Å². The number of carbonyl (C=O) groups excluding carboxylic acids is 1. The van der Waals surface area contributed by atoms with Crippen molar-refractivity contribution < 1.29 is 18.3 Å². The SMILES string of the molecule is NS(=O)(=O)c1ccc(CCNCCC(=O)N(CCCCCc2ccc(O)c3[nH]c(=O)sc23)C2CCCCC2)cc1. The highest BCUT2D eigenvalue weighted by atomic mass is 32.2. The Kier molecular flexibility index (Phi) is 10.8. The number of aromatic hydroxyl groups is 1. The lowest BCUT2D eigenvalue weighted by Crippen LogP contribution is -2.43. The van der Waals surface area contributed by atoms with Crippen LogP contribution in [0.1, 0.15) is 68.9 Å². The van der Waals surface area contributed by atoms with Gasteiger partial charge in [0.15, 0.2) is 0 Å². The van der Waals surface area contributed by atoms with Crippen LogP contribution in [0.4, 0.5) is 0 Å². The monoisotopic (exact) mass is 588 g/mol. The number of phenols is 1. The number of aromatic nitrogens is 1. The summed E-state index contributed by atoms with van der Waals surface area (Å²) < 4.78 is 23.6. The fourth-order valence-corrected chi connectivity index (χ4v) is 6.90. The van der Waals surface area contributed by atoms with Crippen molar-refractivity contribution in [3.8, 4) is 5.75 Å². The van der Waals surface area contributed by atoms with Gasteiger partial charge in [0.2, 0.25) is 15.9 Å². The summed E-state index contributed by atoms with van der Waals surface area (Å²) in [6, 6.07) is 10.4. The molecule has 1 heterocycles. The highest BCUT2D eigenvalue weighted by Crippen LogP contribution is 2.29. The maximum absolute atomic E-state index is 13.2. The standard InChI is InChI=1S/C29H40N4O5S2/c30-40(37,38)24-13-10-21(11-14-24)16-18-31-19-17-26(35)33(23-8-4-1-5-9-23)20-6-2-3-7-22-12-15-25(34)27-28(22)39-29(36)32-27/h10-15,23,31,34H,1-9,16-20H2,(H,32,36)(H2,30,37,38). The second-order valence-corrected chi connectivity index (χ2v) is 13.1. The molecule has 1 fully saturated rings. The molecule has 2 aromatic carbocycles. The number of benzene rings is 2. The largest absolute Gasteiger partial charge is 0.506 e. The normalized spacial score (nSPS) is 14.5. The number of sulfonamides is 1. The van der Waals surface area contributed by atoms with Crippen molar-refractivity contribution in [3.05, 3.63) is 57.2 Å². The molecule has 3 aromatic rings. The maximum atomic E-state index is 13.2. The number of nitrogens with zero attached hydrogens (tertiary/aromatic N) is 1. The average Bonchev–Trinajstić information content (AvgIpc) is 3.34. The molecule has 0 atom stereocenters. The average molecular weight is 589 g/mol. The molecular weight excluding hydrogens is 548 g/mol. The number of phenolic OH excluding ortho intramolecular Hbond substituents is 1. The summed E-state index contributed by atoms with van der Waals surface area (Å²) >= 11 is 1.14. The number of nitrogens with one attached hydrogen (secondary N) is 2. The molecule has 0 saturated heterocycles. The molecule has 1 aliphatic rings. The Bertz CT molecular complexity index is 1430. The lowest BCUT2D eigenvalue weighted by atomic mass is 9.93. The topological polar surface area (TPSA) is 146 Å². The molecule has 40 heavy (non-hydrogen) atoms. The van der Waals surface area contributed by atoms with Gasteiger partial charge in [-0.3, -0.25) is 9.59 Å². The zero-order valence-corrected chi connectivity index (χ0v) is 24.5. The molecule has 218 valence electrons. The molecule has 4 rings (SSSR count). The van der Waals surface area contributed by atoms with E-state index in [1.807, 2.05) is 6.07 Å². The van der Waals surface area contributed by atoms with Crippen molar-refractivity contribution in [2.75, 3.05) is 19.6 Å². The number of carbonyl (C=O) groups is 1. The van der Waals surface area contributed by atoms with Crippen LogP contribution in [-0.4, -0.2) is 55.0 Å². The Hall–Kier alpha value is -2.73. The first-order valence-electron chi connectivity index (χ1n) is 14.2. The van der Waals surface area contributed by atoms with E-state index in [1.165, 1.54) is 31.4 Å². The van der Waals surface area contributed by atoms with E-state index in [-0.39, 0.29) is 21.4 Å². The number of thiazole rings is 1. The van der Waals surface area contributed by atoms with E-state index < -0.39 is 10.0 Å². The van der Waals surface area contributed by atoms with Crippen LogP contribution in [0, 0.1) is 0 Å². The van der Waals surface area contributed by atoms with Crippen molar-refractivity contribution in [3.63, 3.8) is 0 Å². The van der Waals surface area contributed by atoms with Crippen molar-refractivity contribution in [2.45, 2.75) is 81.6 Å². The van der Waals surface area contributed by atoms with Crippen LogP contribution >= 0.6 is 11.3 Å². The van der Waals surface area contributed by atoms with Crippen LogP contribution in [0.5, 0.6) is 5.75 Å². The summed E-state index contributed by atoms with van der Waals surface area (Å²) in [7, 11) is -3.68. The molecule has 0 unspecified atom stereocenters. The summed E-state index contributed by atoms with van der Waals surface area (Å²) in [5.41, 5.74) is 2.60. The van der Waals surface area contributed by atoms with Gasteiger partial charge in [-0.1, -0.05) is 55.2 Å². The smallest absolute Gasteiger partial charge is 0.305 e. The van der Waals surface area contributed by atoms with Gasteiger partial charge in [0, 0.05) is 25.6 Å². The van der Waals surface area contributed by atoms with Crippen molar-refractivity contribution in [1.82, 2.24) is 15.2 Å². The minimum absolute atomic E-state index is 0.104. The number of aromatic amines is 1. The van der Waals surface area contributed by atoms with Gasteiger partial charge in [-0.15, -0.1) is 0 Å². The number of primary sulfonamides is 1. The van der Waals surface area contributed by atoms with Crippen molar-refractivity contribution in [2.24, 2.45) is 5.14 Å². The minimum atomic E-state index is -3.68. The molecule has 9 nitrogen and oxygen atoms in total. The van der Waals surface area contributed by atoms with Crippen LogP contribution in [0.3, 0.4) is 0 Å². The zero-order valence-electron chi connectivity index (χ0n) is 22.9. The van der Waals surface area contributed by atoms with Crippen molar-refractivity contribution >= 4 is 37.5 Å². The third kappa shape index (κ3) is 8.39. The molecule has 1 amide bonds. The van der Waals surface area contributed by atoms with Crippen molar-refractivity contribution in [1.29, 1.82) is 0 Å². The zero-order chi connectivity index (χ0) is 28.5. The molecule has 1 aliphatic carbocycles. The molecule has 0 spiro atoms. The van der Waals surface area contributed by atoms with Gasteiger partial charge in [-0.2, -0.15) is 0 Å². The second-order valence-electron chi connectivity index (χ2n) is 10.6. The number of aryl methyl sites for hydroxylation is 1. The number of amides is 1. The van der Waals surface area contributed by atoms with E-state index in [1.54, 1.807) is 18.2 Å². The first-order valence-corrected chi connectivity index (χ1v) is 16.5. The predicted molar refractivity (Wildman–Crippen MR) is 159 cm³/mol. The number of nitrogens with two attached hydrogens (primary N) is 1. The van der Waals surface area contributed by atoms with Crippen LogP contribution < -0.4 is 15.3 Å². The van der Waals surface area contributed by atoms with Crippen LogP contribution in [0.2, 0.25) is 0 Å². The fourth-order valence-electron chi connectivity index (χ4n) is 5.49. The Morgan fingerprint density at radius 2 is 1.77 bits per heavy atom. The van der Waals surface area contributed by atoms with E-state index >= 15 is 0 Å². The van der Waals surface area contributed by atoms with E-state index in [9.17, 15) is 23.1 Å². The third-order valence-corrected chi connectivity index (χ3v) is 9.57. The molecule has 0 aliphatic heterocycles. The lowest BCUT2D eigenvalue weighted by Gasteiger charge is -2.34. The number of unbranched alkanes of at least 4 members (excludes halogenated alkanes) is 2. The van der Waals surface area contributed by atoms with Crippen LogP contribution in [0.15, 0.2) is 46.1 Å². The number of hydrogen-bond acceptors (Lipinski definition) is 7. The Balaban J connectivity index is 1.21. The van der Waals surface area contributed by atoms with E-state index in [2.05, 4.69) is 15.2 Å². The predicted octanol–water partition coefficient (Wildman–Crippen LogP) is 4.04. The van der Waals surface area contributed by atoms with E-state index in [0.29, 0.717) is 31.1 Å². The van der Waals surface area contributed by atoms with Gasteiger partial charge in [-0.05, 0) is 74.4 Å². The highest BCUT2D eigenvalue weighted by Gasteiger charge is 2.24. The quantitative estimate of drug-likeness (QED) is 0.209. The van der Waals surface area contributed by atoms with Crippen LogP contribution in [0.25, 0.3) is 10.2 Å². The van der Waals surface area contributed by atoms with Crippen LogP contribution in [-0.2, 0) is 27.7 Å². The number of rotatable bonds is 14. The molecular formula is C29H40N4O5S2. The summed E-state index contributed by atoms with van der Waals surface area (Å²) in [4.78, 5) is 29.8. The van der Waals surface area contributed by atoms with Gasteiger partial charge in [0.1, 0.15) is 11.3 Å². The van der Waals surface area contributed by atoms with E-state index in [0.717, 1.165) is 78.7 Å². The Morgan fingerprint density at radius 3 is 2.50 bits per heavy atom. The van der Waals surface area contributed by atoms with Gasteiger partial charge >= 0.3 is 4.87 Å². The van der Waals surface area contributed by atoms with E-state index in [4.69, 9.17) is 5.14 Å². The third-order valence-electron chi connectivity index (χ3n) is 7.68. The first kappa shape index (κ1) is 30.2. The molecule has 1 aromatic heterocycles. The number of fused-ring (bicyclic) bond motifs is 1. The van der Waals surface area contributed by atoms with Gasteiger partial charge in [-0.25, -0.2) is 13.6 Å². The maximum Gasteiger partial charge on any atom is 0.305 e. The summed E-state index contributed by atoms with van der Waals surface area (Å²) in [5.74, 6) is 0.307. The summed E-state index contributed by atoms with van der Waals surface area (Å²) in [6.07, 6.45) is 10.6. The molecule has 0 bridgehead atoms. The first-order chi connectivity index (χ1) is 19.2. The Morgan fingerprint density at radius 1 is 1.02 bits per heavy atom. The molecule has 5 N–H and O–H groups in total. The molecule has 11 heteroatoms. The lowest BCUT2D eigenvalue weighted by molar-refractivity contribution is -0.134. The molecule has 0 radical (unpaired) electrons. The highest BCUT2D eigenvalue weighted by molar-refractivity contribution is 7.89. The van der Waals surface area contributed by atoms with Gasteiger partial charge in [0.25, 0.3) is 0 Å². The summed E-state index contributed by atoms with van der Waals surface area (Å²) in [5, 5.41) is 18.5. The Labute approximate surface area is 239 Å². The fraction of sp³-hybridized carbons (Fsp3) is 0.517. The molecule has 1 saturated carbocycles. The van der Waals surface area contributed by atoms with Gasteiger partial charge in [0.05, 0.1) is 9.60 Å².